The normalized spacial score (nSPS) is 24.1. The summed E-state index contributed by atoms with van der Waals surface area (Å²) in [6, 6.07) is 1.80. The summed E-state index contributed by atoms with van der Waals surface area (Å²) in [6.07, 6.45) is -5.35. The molecule has 1 aromatic carbocycles. The van der Waals surface area contributed by atoms with E-state index in [9.17, 15) is 31.1 Å². The monoisotopic (exact) mass is 518 g/mol. The molecule has 1 saturated carbocycles. The molecule has 13 heteroatoms. The van der Waals surface area contributed by atoms with Crippen LogP contribution in [0.25, 0.3) is 0 Å². The van der Waals surface area contributed by atoms with Crippen molar-refractivity contribution in [3.05, 3.63) is 41.2 Å². The fraction of sp³-hybridized carbons (Fsp3) is 0.652. The number of carbonyl (C=O) groups excluding carboxylic acids is 1. The number of nitrogens with one attached hydrogen (secondary N) is 1. The summed E-state index contributed by atoms with van der Waals surface area (Å²) in [6.45, 7) is 5.06. The molecule has 2 aliphatic rings. The Balaban J connectivity index is 1.39. The van der Waals surface area contributed by atoms with E-state index in [-0.39, 0.29) is 35.5 Å². The van der Waals surface area contributed by atoms with Crippen LogP contribution in [0.2, 0.25) is 0 Å². The molecule has 0 atom stereocenters. The molecule has 36 heavy (non-hydrogen) atoms. The van der Waals surface area contributed by atoms with Crippen LogP contribution in [0.15, 0.2) is 24.5 Å². The second-order valence-electron chi connectivity index (χ2n) is 10.0. The Hall–Kier alpha value is -2.70. The van der Waals surface area contributed by atoms with Crippen molar-refractivity contribution in [1.82, 2.24) is 30.4 Å². The summed E-state index contributed by atoms with van der Waals surface area (Å²) in [7, 11) is 0. The third-order valence-electron chi connectivity index (χ3n) is 7.61. The molecule has 1 saturated heterocycles. The lowest BCUT2D eigenvalue weighted by atomic mass is 9.58. The molecule has 198 valence electrons. The van der Waals surface area contributed by atoms with Crippen molar-refractivity contribution in [3.8, 4) is 0 Å². The third kappa shape index (κ3) is 5.35. The number of carbonyl (C=O) groups is 1. The number of rotatable bonds is 6. The average Bonchev–Trinajstić information content (AvgIpc) is 3.31. The zero-order valence-electron chi connectivity index (χ0n) is 19.9. The van der Waals surface area contributed by atoms with Crippen LogP contribution in [0.1, 0.15) is 62.3 Å². The molecular weight excluding hydrogens is 490 g/mol. The number of nitrogens with zero attached hydrogens (tertiary/aromatic N) is 5. The molecule has 1 amide bonds. The van der Waals surface area contributed by atoms with Crippen LogP contribution in [0.4, 0.5) is 26.3 Å². The van der Waals surface area contributed by atoms with Gasteiger partial charge in [0.15, 0.2) is 0 Å². The predicted octanol–water partition coefficient (Wildman–Crippen LogP) is 4.47. The van der Waals surface area contributed by atoms with Crippen molar-refractivity contribution in [3.63, 3.8) is 0 Å². The van der Waals surface area contributed by atoms with E-state index >= 15 is 0 Å². The first-order valence-corrected chi connectivity index (χ1v) is 11.8. The number of likely N-dealkylation sites (tertiary alicyclic amines) is 1. The number of hydrogen-bond donors (Lipinski definition) is 1. The molecule has 0 radical (unpaired) electrons. The largest absolute Gasteiger partial charge is 0.416 e. The van der Waals surface area contributed by atoms with E-state index in [0.29, 0.717) is 25.0 Å². The highest BCUT2D eigenvalue weighted by molar-refractivity contribution is 5.84. The molecule has 1 aromatic heterocycles. The van der Waals surface area contributed by atoms with Crippen molar-refractivity contribution < 1.29 is 31.1 Å². The van der Waals surface area contributed by atoms with Crippen molar-refractivity contribution in [2.24, 2.45) is 11.3 Å². The Kier molecular flexibility index (Phi) is 7.06. The second kappa shape index (κ2) is 9.64. The van der Waals surface area contributed by atoms with Crippen LogP contribution in [0, 0.1) is 11.3 Å². The smallest absolute Gasteiger partial charge is 0.352 e. The minimum absolute atomic E-state index is 0.0419. The van der Waals surface area contributed by atoms with E-state index < -0.39 is 35.4 Å². The molecule has 0 bridgehead atoms. The number of amides is 1. The average molecular weight is 519 g/mol. The molecule has 0 unspecified atom stereocenters. The summed E-state index contributed by atoms with van der Waals surface area (Å²) in [5.74, 6) is -0.386. The van der Waals surface area contributed by atoms with Crippen LogP contribution in [0.3, 0.4) is 0 Å². The van der Waals surface area contributed by atoms with Crippen molar-refractivity contribution >= 4 is 5.91 Å². The highest BCUT2D eigenvalue weighted by Gasteiger charge is 2.53. The highest BCUT2D eigenvalue weighted by atomic mass is 19.4. The molecule has 2 fully saturated rings. The van der Waals surface area contributed by atoms with Gasteiger partial charge in [0.2, 0.25) is 5.91 Å². The van der Waals surface area contributed by atoms with Gasteiger partial charge in [-0.3, -0.25) is 4.79 Å². The zero-order valence-corrected chi connectivity index (χ0v) is 19.9. The molecule has 1 aliphatic heterocycles. The number of piperidine rings is 1. The Labute approximate surface area is 204 Å². The number of tetrazole rings is 1. The molecule has 7 nitrogen and oxygen atoms in total. The molecule has 0 spiro atoms. The Morgan fingerprint density at radius 2 is 1.61 bits per heavy atom. The van der Waals surface area contributed by atoms with Gasteiger partial charge in [-0.1, -0.05) is 13.8 Å². The zero-order chi connectivity index (χ0) is 26.3. The van der Waals surface area contributed by atoms with Crippen LogP contribution >= 0.6 is 0 Å². The Morgan fingerprint density at radius 3 is 2.08 bits per heavy atom. The van der Waals surface area contributed by atoms with Crippen LogP contribution in [-0.2, 0) is 23.7 Å². The summed E-state index contributed by atoms with van der Waals surface area (Å²) in [4.78, 5) is 15.5. The van der Waals surface area contributed by atoms with E-state index in [1.807, 2.05) is 13.8 Å². The van der Waals surface area contributed by atoms with Crippen molar-refractivity contribution in [2.75, 3.05) is 13.1 Å². The number of aromatic nitrogens is 4. The maximum absolute atomic E-state index is 13.2. The van der Waals surface area contributed by atoms with Gasteiger partial charge < -0.3 is 10.2 Å². The minimum atomic E-state index is -4.93. The number of halogens is 6. The summed E-state index contributed by atoms with van der Waals surface area (Å²) >= 11 is 0. The SMILES string of the molecule is CC(C)C1(C(=O)NCc2cc(C(F)(F)F)cc(C(F)(F)F)c2)CC(N2CCC(n3cnnn3)CC2)C1. The maximum Gasteiger partial charge on any atom is 0.416 e. The number of benzene rings is 1. The molecule has 2 aromatic rings. The predicted molar refractivity (Wildman–Crippen MR) is 116 cm³/mol. The summed E-state index contributed by atoms with van der Waals surface area (Å²) < 4.78 is 80.6. The van der Waals surface area contributed by atoms with Gasteiger partial charge in [0.1, 0.15) is 6.33 Å². The maximum atomic E-state index is 13.2. The molecule has 4 rings (SSSR count). The van der Waals surface area contributed by atoms with Crippen molar-refractivity contribution in [1.29, 1.82) is 0 Å². The van der Waals surface area contributed by atoms with Gasteiger partial charge in [-0.15, -0.1) is 5.10 Å². The van der Waals surface area contributed by atoms with Gasteiger partial charge >= 0.3 is 12.4 Å². The molecule has 1 N–H and O–H groups in total. The third-order valence-corrected chi connectivity index (χ3v) is 7.61. The van der Waals surface area contributed by atoms with Crippen LogP contribution in [0.5, 0.6) is 0 Å². The Bertz CT molecular complexity index is 1020. The van der Waals surface area contributed by atoms with E-state index in [4.69, 9.17) is 0 Å². The lowest BCUT2D eigenvalue weighted by Crippen LogP contribution is -2.60. The highest BCUT2D eigenvalue weighted by Crippen LogP contribution is 2.50. The van der Waals surface area contributed by atoms with Gasteiger partial charge in [0, 0.05) is 25.7 Å². The second-order valence-corrected chi connectivity index (χ2v) is 10.0. The van der Waals surface area contributed by atoms with Gasteiger partial charge in [-0.05, 0) is 65.8 Å². The summed E-state index contributed by atoms with van der Waals surface area (Å²) in [5, 5.41) is 13.9. The van der Waals surface area contributed by atoms with Gasteiger partial charge in [0.05, 0.1) is 22.6 Å². The first-order chi connectivity index (χ1) is 16.8. The molecule has 1 aliphatic carbocycles. The molecule has 2 heterocycles. The topological polar surface area (TPSA) is 75.9 Å². The van der Waals surface area contributed by atoms with Gasteiger partial charge in [0.25, 0.3) is 0 Å². The van der Waals surface area contributed by atoms with E-state index in [1.165, 1.54) is 0 Å². The van der Waals surface area contributed by atoms with E-state index in [0.717, 1.165) is 25.9 Å². The minimum Gasteiger partial charge on any atom is -0.352 e. The first-order valence-electron chi connectivity index (χ1n) is 11.8. The Morgan fingerprint density at radius 1 is 1.03 bits per heavy atom. The van der Waals surface area contributed by atoms with Gasteiger partial charge in [-0.25, -0.2) is 4.68 Å². The number of hydrogen-bond acceptors (Lipinski definition) is 5. The fourth-order valence-electron chi connectivity index (χ4n) is 5.29. The summed E-state index contributed by atoms with van der Waals surface area (Å²) in [5.41, 5.74) is -3.75. The fourth-order valence-corrected chi connectivity index (χ4v) is 5.29. The quantitative estimate of drug-likeness (QED) is 0.572. The standard InChI is InChI=1S/C23H28F6N6O/c1-14(2)21(10-19(11-21)34-5-3-18(4-6-34)35-13-31-32-33-35)20(36)30-12-15-7-16(22(24,25)26)9-17(8-15)23(27,28)29/h7-9,13-14,18-19H,3-6,10-12H2,1-2H3,(H,30,36). The lowest BCUT2D eigenvalue weighted by Gasteiger charge is -2.54. The molecular formula is C23H28F6N6O. The lowest BCUT2D eigenvalue weighted by molar-refractivity contribution is -0.147. The van der Waals surface area contributed by atoms with Crippen LogP contribution < -0.4 is 5.32 Å². The van der Waals surface area contributed by atoms with Gasteiger partial charge in [-0.2, -0.15) is 26.3 Å². The van der Waals surface area contributed by atoms with E-state index in [2.05, 4.69) is 25.7 Å². The number of alkyl halides is 6. The van der Waals surface area contributed by atoms with Crippen molar-refractivity contribution in [2.45, 2.75) is 70.5 Å². The first kappa shape index (κ1) is 26.4. The van der Waals surface area contributed by atoms with E-state index in [1.54, 1.807) is 11.0 Å². The van der Waals surface area contributed by atoms with Crippen LogP contribution in [-0.4, -0.2) is 50.1 Å².